The van der Waals surface area contributed by atoms with E-state index in [1.54, 1.807) is 11.3 Å². The summed E-state index contributed by atoms with van der Waals surface area (Å²) in [6, 6.07) is 12.4. The number of benzene rings is 1. The van der Waals surface area contributed by atoms with Crippen LogP contribution in [0.15, 0.2) is 46.3 Å². The molecule has 1 nitrogen and oxygen atoms in total. The van der Waals surface area contributed by atoms with Crippen molar-refractivity contribution in [3.63, 3.8) is 0 Å². The maximum atomic E-state index is 10.6. The average molecular weight is 309 g/mol. The van der Waals surface area contributed by atoms with Crippen molar-refractivity contribution in [2.45, 2.75) is 24.4 Å². The number of hydrogen-bond acceptors (Lipinski definition) is 2. The minimum Gasteiger partial charge on any atom is -0.387 e. The standard InChI is InChI=1S/C14H13BrOS/c15-11-6-9-17-12(11)13(16)14(7-8-14)10-4-2-1-3-5-10/h1-6,9,13,16H,7-8H2. The van der Waals surface area contributed by atoms with Gasteiger partial charge in [-0.1, -0.05) is 30.3 Å². The minimum atomic E-state index is -0.390. The molecule has 1 fully saturated rings. The Morgan fingerprint density at radius 3 is 2.41 bits per heavy atom. The molecule has 3 rings (SSSR count). The van der Waals surface area contributed by atoms with Gasteiger partial charge in [-0.3, -0.25) is 0 Å². The average Bonchev–Trinajstić information content (AvgIpc) is 3.07. The van der Waals surface area contributed by atoms with Crippen molar-refractivity contribution in [3.05, 3.63) is 56.7 Å². The van der Waals surface area contributed by atoms with Crippen LogP contribution in [-0.4, -0.2) is 5.11 Å². The van der Waals surface area contributed by atoms with Gasteiger partial charge in [0.2, 0.25) is 0 Å². The summed E-state index contributed by atoms with van der Waals surface area (Å²) in [5.74, 6) is 0. The van der Waals surface area contributed by atoms with Gasteiger partial charge in [0, 0.05) is 14.8 Å². The van der Waals surface area contributed by atoms with Gasteiger partial charge in [-0.2, -0.15) is 0 Å². The monoisotopic (exact) mass is 308 g/mol. The molecule has 1 aromatic heterocycles. The van der Waals surface area contributed by atoms with Crippen molar-refractivity contribution in [2.24, 2.45) is 0 Å². The van der Waals surface area contributed by atoms with Crippen LogP contribution in [0.25, 0.3) is 0 Å². The number of thiophene rings is 1. The van der Waals surface area contributed by atoms with Gasteiger partial charge in [-0.05, 0) is 45.8 Å². The normalized spacial score (nSPS) is 18.9. The second kappa shape index (κ2) is 4.23. The molecule has 1 aromatic carbocycles. The molecular weight excluding hydrogens is 296 g/mol. The molecule has 0 bridgehead atoms. The third-order valence-electron chi connectivity index (χ3n) is 3.55. The highest BCUT2D eigenvalue weighted by Crippen LogP contribution is 2.57. The maximum absolute atomic E-state index is 10.6. The van der Waals surface area contributed by atoms with E-state index in [2.05, 4.69) is 28.1 Å². The van der Waals surface area contributed by atoms with Crippen molar-refractivity contribution in [2.75, 3.05) is 0 Å². The molecule has 0 amide bonds. The third kappa shape index (κ3) is 1.86. The van der Waals surface area contributed by atoms with Crippen LogP contribution in [-0.2, 0) is 5.41 Å². The van der Waals surface area contributed by atoms with Gasteiger partial charge < -0.3 is 5.11 Å². The van der Waals surface area contributed by atoms with E-state index in [1.807, 2.05) is 29.6 Å². The number of rotatable bonds is 3. The van der Waals surface area contributed by atoms with E-state index < -0.39 is 0 Å². The first-order chi connectivity index (χ1) is 8.24. The summed E-state index contributed by atoms with van der Waals surface area (Å²) in [4.78, 5) is 1.05. The zero-order valence-electron chi connectivity index (χ0n) is 9.27. The van der Waals surface area contributed by atoms with Crippen molar-refractivity contribution in [3.8, 4) is 0 Å². The Morgan fingerprint density at radius 2 is 1.88 bits per heavy atom. The first-order valence-electron chi connectivity index (χ1n) is 5.70. The van der Waals surface area contributed by atoms with Gasteiger partial charge in [-0.15, -0.1) is 11.3 Å². The molecule has 3 heteroatoms. The predicted octanol–water partition coefficient (Wildman–Crippen LogP) is 4.28. The Hall–Kier alpha value is -0.640. The van der Waals surface area contributed by atoms with Crippen LogP contribution < -0.4 is 0 Å². The number of aliphatic hydroxyl groups excluding tert-OH is 1. The molecule has 1 heterocycles. The van der Waals surface area contributed by atoms with E-state index in [0.717, 1.165) is 22.2 Å². The Labute approximate surface area is 113 Å². The second-order valence-corrected chi connectivity index (χ2v) is 6.36. The van der Waals surface area contributed by atoms with Crippen LogP contribution in [0.4, 0.5) is 0 Å². The lowest BCUT2D eigenvalue weighted by molar-refractivity contribution is 0.136. The van der Waals surface area contributed by atoms with E-state index in [9.17, 15) is 5.11 Å². The zero-order valence-corrected chi connectivity index (χ0v) is 11.7. The lowest BCUT2D eigenvalue weighted by atomic mass is 9.89. The third-order valence-corrected chi connectivity index (χ3v) is 5.48. The summed E-state index contributed by atoms with van der Waals surface area (Å²) in [6.07, 6.45) is 1.75. The fraction of sp³-hybridized carbons (Fsp3) is 0.286. The molecule has 1 N–H and O–H groups in total. The van der Waals surface area contributed by atoms with Crippen LogP contribution >= 0.6 is 27.3 Å². The smallest absolute Gasteiger partial charge is 0.0989 e. The zero-order chi connectivity index (χ0) is 11.9. The largest absolute Gasteiger partial charge is 0.387 e. The van der Waals surface area contributed by atoms with E-state index >= 15 is 0 Å². The molecule has 0 radical (unpaired) electrons. The molecule has 2 aromatic rings. The molecular formula is C14H13BrOS. The first kappa shape index (κ1) is 11.5. The topological polar surface area (TPSA) is 20.2 Å². The lowest BCUT2D eigenvalue weighted by Crippen LogP contribution is -2.17. The van der Waals surface area contributed by atoms with Gasteiger partial charge in [0.05, 0.1) is 6.10 Å². The molecule has 1 unspecified atom stereocenters. The van der Waals surface area contributed by atoms with Crippen LogP contribution in [0.5, 0.6) is 0 Å². The van der Waals surface area contributed by atoms with E-state index in [1.165, 1.54) is 5.56 Å². The molecule has 0 aliphatic heterocycles. The molecule has 88 valence electrons. The summed E-state index contributed by atoms with van der Waals surface area (Å²) >= 11 is 5.13. The lowest BCUT2D eigenvalue weighted by Gasteiger charge is -2.22. The van der Waals surface area contributed by atoms with Gasteiger partial charge in [0.25, 0.3) is 0 Å². The van der Waals surface area contributed by atoms with Crippen molar-refractivity contribution in [1.29, 1.82) is 0 Å². The van der Waals surface area contributed by atoms with E-state index in [4.69, 9.17) is 0 Å². The fourth-order valence-electron chi connectivity index (χ4n) is 2.38. The van der Waals surface area contributed by atoms with Gasteiger partial charge in [0.15, 0.2) is 0 Å². The Morgan fingerprint density at radius 1 is 1.18 bits per heavy atom. The summed E-state index contributed by atoms with van der Waals surface area (Å²) in [6.45, 7) is 0. The highest BCUT2D eigenvalue weighted by molar-refractivity contribution is 9.10. The fourth-order valence-corrected chi connectivity index (χ4v) is 4.07. The Kier molecular flexibility index (Phi) is 2.85. The predicted molar refractivity (Wildman–Crippen MR) is 74.3 cm³/mol. The summed E-state index contributed by atoms with van der Waals surface area (Å²) in [5.41, 5.74) is 1.21. The number of hydrogen-bond donors (Lipinski definition) is 1. The van der Waals surface area contributed by atoms with Gasteiger partial charge >= 0.3 is 0 Å². The molecule has 1 atom stereocenters. The summed E-state index contributed by atoms with van der Waals surface area (Å²) in [5, 5.41) is 12.6. The van der Waals surface area contributed by atoms with Crippen molar-refractivity contribution >= 4 is 27.3 Å². The van der Waals surface area contributed by atoms with Crippen LogP contribution in [0.1, 0.15) is 29.4 Å². The quantitative estimate of drug-likeness (QED) is 0.897. The maximum Gasteiger partial charge on any atom is 0.0989 e. The van der Waals surface area contributed by atoms with Crippen molar-refractivity contribution < 1.29 is 5.11 Å². The molecule has 1 aliphatic rings. The molecule has 1 aliphatic carbocycles. The number of halogens is 1. The van der Waals surface area contributed by atoms with Crippen LogP contribution in [0.2, 0.25) is 0 Å². The van der Waals surface area contributed by atoms with Gasteiger partial charge in [-0.25, -0.2) is 0 Å². The van der Waals surface area contributed by atoms with E-state index in [-0.39, 0.29) is 11.5 Å². The number of aliphatic hydroxyl groups is 1. The van der Waals surface area contributed by atoms with Crippen LogP contribution in [0.3, 0.4) is 0 Å². The van der Waals surface area contributed by atoms with E-state index in [0.29, 0.717) is 0 Å². The molecule has 0 spiro atoms. The molecule has 0 saturated heterocycles. The molecule has 17 heavy (non-hydrogen) atoms. The SMILES string of the molecule is OC(c1sccc1Br)C1(c2ccccc2)CC1. The summed E-state index contributed by atoms with van der Waals surface area (Å²) < 4.78 is 1.03. The Balaban J connectivity index is 1.97. The Bertz CT molecular complexity index is 516. The minimum absolute atomic E-state index is 0.0470. The highest BCUT2D eigenvalue weighted by atomic mass is 79.9. The molecule has 1 saturated carbocycles. The van der Waals surface area contributed by atoms with Crippen molar-refractivity contribution in [1.82, 2.24) is 0 Å². The first-order valence-corrected chi connectivity index (χ1v) is 7.38. The highest BCUT2D eigenvalue weighted by Gasteiger charge is 2.51. The second-order valence-electron chi connectivity index (χ2n) is 4.56. The van der Waals surface area contributed by atoms with Gasteiger partial charge in [0.1, 0.15) is 0 Å². The van der Waals surface area contributed by atoms with Crippen LogP contribution in [0, 0.1) is 0 Å². The summed E-state index contributed by atoms with van der Waals surface area (Å²) in [7, 11) is 0.